The molecule has 2 atom stereocenters. The van der Waals surface area contributed by atoms with Crippen LogP contribution in [0.15, 0.2) is 0 Å². The molecular weight excluding hydrogens is 308 g/mol. The summed E-state index contributed by atoms with van der Waals surface area (Å²) in [6.07, 6.45) is 1.79. The largest absolute Gasteiger partial charge is 0.464 e. The molecule has 6 nitrogen and oxygen atoms in total. The first-order chi connectivity index (χ1) is 11.3. The highest BCUT2D eigenvalue weighted by Crippen LogP contribution is 2.00. The lowest BCUT2D eigenvalue weighted by Crippen LogP contribution is -2.42. The zero-order valence-electron chi connectivity index (χ0n) is 16.2. The molecule has 24 heavy (non-hydrogen) atoms. The molecule has 0 radical (unpaired) electrons. The Morgan fingerprint density at radius 2 is 1.08 bits per heavy atom. The molecule has 0 amide bonds. The van der Waals surface area contributed by atoms with Crippen molar-refractivity contribution in [2.75, 3.05) is 26.3 Å². The average molecular weight is 344 g/mol. The molecule has 0 saturated carbocycles. The minimum atomic E-state index is -0.161. The van der Waals surface area contributed by atoms with Gasteiger partial charge in [-0.2, -0.15) is 0 Å². The second-order valence-electron chi connectivity index (χ2n) is 6.69. The topological polar surface area (TPSA) is 76.7 Å². The van der Waals surface area contributed by atoms with Crippen LogP contribution in [0, 0.1) is 11.8 Å². The van der Waals surface area contributed by atoms with Crippen LogP contribution in [0.5, 0.6) is 0 Å². The van der Waals surface area contributed by atoms with Crippen LogP contribution >= 0.6 is 0 Å². The lowest BCUT2D eigenvalue weighted by molar-refractivity contribution is -0.149. The van der Waals surface area contributed by atoms with Crippen molar-refractivity contribution in [3.05, 3.63) is 0 Å². The molecule has 6 heteroatoms. The van der Waals surface area contributed by atoms with E-state index in [4.69, 9.17) is 9.47 Å². The summed E-state index contributed by atoms with van der Waals surface area (Å²) in [6.45, 7) is 13.8. The maximum Gasteiger partial charge on any atom is 0.308 e. The van der Waals surface area contributed by atoms with E-state index in [1.165, 1.54) is 0 Å². The summed E-state index contributed by atoms with van der Waals surface area (Å²) >= 11 is 0. The van der Waals surface area contributed by atoms with E-state index in [9.17, 15) is 9.59 Å². The van der Waals surface area contributed by atoms with Gasteiger partial charge in [0.2, 0.25) is 0 Å². The Kier molecular flexibility index (Phi) is 12.6. The van der Waals surface area contributed by atoms with Crippen molar-refractivity contribution in [1.29, 1.82) is 0 Å². The van der Waals surface area contributed by atoms with Crippen molar-refractivity contribution >= 4 is 11.9 Å². The summed E-state index contributed by atoms with van der Waals surface area (Å²) in [4.78, 5) is 23.0. The predicted octanol–water partition coefficient (Wildman–Crippen LogP) is 2.12. The Hall–Kier alpha value is -1.14. The highest BCUT2D eigenvalue weighted by Gasteiger charge is 2.14. The number of nitrogens with one attached hydrogen (secondary N) is 2. The number of carbonyl (C=O) groups is 2. The molecule has 0 rings (SSSR count). The van der Waals surface area contributed by atoms with Crippen molar-refractivity contribution in [2.24, 2.45) is 11.8 Å². The van der Waals surface area contributed by atoms with E-state index in [1.54, 1.807) is 0 Å². The van der Waals surface area contributed by atoms with E-state index in [2.05, 4.69) is 24.5 Å². The molecule has 0 aliphatic carbocycles. The van der Waals surface area contributed by atoms with Crippen LogP contribution in [0.4, 0.5) is 0 Å². The third kappa shape index (κ3) is 10.6. The highest BCUT2D eigenvalue weighted by atomic mass is 16.5. The van der Waals surface area contributed by atoms with E-state index >= 15 is 0 Å². The van der Waals surface area contributed by atoms with Gasteiger partial charge in [-0.05, 0) is 12.8 Å². The number of ether oxygens (including phenoxy) is 2. The Morgan fingerprint density at radius 3 is 1.33 bits per heavy atom. The molecule has 0 saturated heterocycles. The van der Waals surface area contributed by atoms with Crippen LogP contribution < -0.4 is 10.6 Å². The third-order valence-electron chi connectivity index (χ3n) is 3.77. The molecule has 0 aliphatic heterocycles. The fraction of sp³-hybridized carbons (Fsp3) is 0.889. The lowest BCUT2D eigenvalue weighted by atomic mass is 10.2. The fourth-order valence-electron chi connectivity index (χ4n) is 1.89. The molecule has 0 aromatic heterocycles. The first kappa shape index (κ1) is 22.9. The smallest absolute Gasteiger partial charge is 0.308 e. The Labute approximate surface area is 147 Å². The van der Waals surface area contributed by atoms with E-state index in [0.717, 1.165) is 25.9 Å². The van der Waals surface area contributed by atoms with Crippen LogP contribution in [-0.4, -0.2) is 50.3 Å². The van der Waals surface area contributed by atoms with Crippen molar-refractivity contribution < 1.29 is 19.1 Å². The normalized spacial score (nSPS) is 13.8. The molecule has 0 bridgehead atoms. The van der Waals surface area contributed by atoms with Gasteiger partial charge in [0.15, 0.2) is 0 Å². The molecular formula is C18H36N2O4. The van der Waals surface area contributed by atoms with E-state index in [1.807, 2.05) is 27.7 Å². The average Bonchev–Trinajstić information content (AvgIpc) is 2.55. The molecule has 2 N–H and O–H groups in total. The monoisotopic (exact) mass is 344 g/mol. The molecule has 0 aromatic carbocycles. The van der Waals surface area contributed by atoms with E-state index in [0.29, 0.717) is 13.2 Å². The number of carbonyl (C=O) groups excluding carboxylic acids is 2. The van der Waals surface area contributed by atoms with Gasteiger partial charge in [0.1, 0.15) is 13.2 Å². The summed E-state index contributed by atoms with van der Waals surface area (Å²) in [5.74, 6) is -0.510. The van der Waals surface area contributed by atoms with Gasteiger partial charge in [-0.3, -0.25) is 9.59 Å². The van der Waals surface area contributed by atoms with Crippen molar-refractivity contribution in [1.82, 2.24) is 10.6 Å². The lowest BCUT2D eigenvalue weighted by Gasteiger charge is -2.20. The molecule has 142 valence electrons. The van der Waals surface area contributed by atoms with Gasteiger partial charge in [-0.25, -0.2) is 0 Å². The summed E-state index contributed by atoms with van der Waals surface area (Å²) in [6, 6.07) is 0.321. The van der Waals surface area contributed by atoms with Gasteiger partial charge in [-0.1, -0.05) is 41.5 Å². The van der Waals surface area contributed by atoms with Crippen LogP contribution in [0.25, 0.3) is 0 Å². The van der Waals surface area contributed by atoms with Crippen molar-refractivity contribution in [3.8, 4) is 0 Å². The molecule has 0 aromatic rings. The third-order valence-corrected chi connectivity index (χ3v) is 3.77. The molecule has 0 spiro atoms. The van der Waals surface area contributed by atoms with Gasteiger partial charge < -0.3 is 20.1 Å². The molecule has 0 fully saturated rings. The van der Waals surface area contributed by atoms with E-state index in [-0.39, 0.29) is 35.9 Å². The number of hydrogen-bond donors (Lipinski definition) is 2. The Morgan fingerprint density at radius 1 is 0.750 bits per heavy atom. The molecule has 0 unspecified atom stereocenters. The van der Waals surface area contributed by atoms with Gasteiger partial charge in [0.25, 0.3) is 0 Å². The predicted molar refractivity (Wildman–Crippen MR) is 95.8 cm³/mol. The summed E-state index contributed by atoms with van der Waals surface area (Å²) < 4.78 is 10.5. The van der Waals surface area contributed by atoms with Gasteiger partial charge in [0, 0.05) is 25.2 Å². The summed E-state index contributed by atoms with van der Waals surface area (Å²) in [5, 5.41) is 6.76. The Balaban J connectivity index is 3.93. The fourth-order valence-corrected chi connectivity index (χ4v) is 1.89. The second kappa shape index (κ2) is 13.2. The SMILES string of the molecule is CC[C@@H](COC(=O)C(C)C)NCCN[C@@H](CC)COC(=O)C(C)C. The second-order valence-corrected chi connectivity index (χ2v) is 6.69. The minimum absolute atomic E-state index is 0.0944. The van der Waals surface area contributed by atoms with Crippen LogP contribution in [0.3, 0.4) is 0 Å². The van der Waals surface area contributed by atoms with Crippen molar-refractivity contribution in [2.45, 2.75) is 66.5 Å². The van der Waals surface area contributed by atoms with Gasteiger partial charge in [-0.15, -0.1) is 0 Å². The summed E-state index contributed by atoms with van der Waals surface area (Å²) in [5.41, 5.74) is 0. The number of hydrogen-bond acceptors (Lipinski definition) is 6. The number of rotatable bonds is 13. The van der Waals surface area contributed by atoms with Crippen LogP contribution in [0.2, 0.25) is 0 Å². The first-order valence-electron chi connectivity index (χ1n) is 9.11. The zero-order valence-corrected chi connectivity index (χ0v) is 16.2. The van der Waals surface area contributed by atoms with Gasteiger partial charge >= 0.3 is 11.9 Å². The maximum absolute atomic E-state index is 11.5. The first-order valence-corrected chi connectivity index (χ1v) is 9.11. The summed E-state index contributed by atoms with van der Waals surface area (Å²) in [7, 11) is 0. The number of esters is 2. The maximum atomic E-state index is 11.5. The van der Waals surface area contributed by atoms with Gasteiger partial charge in [0.05, 0.1) is 11.8 Å². The molecule has 0 heterocycles. The quantitative estimate of drug-likeness (QED) is 0.394. The standard InChI is InChI=1S/C18H36N2O4/c1-7-15(11-23-17(21)13(3)4)19-9-10-20-16(8-2)12-24-18(22)14(5)6/h13-16,19-20H,7-12H2,1-6H3/t15-,16-/m0/s1. The molecule has 0 aliphatic rings. The van der Waals surface area contributed by atoms with E-state index < -0.39 is 0 Å². The van der Waals surface area contributed by atoms with Crippen LogP contribution in [0.1, 0.15) is 54.4 Å². The van der Waals surface area contributed by atoms with Crippen molar-refractivity contribution in [3.63, 3.8) is 0 Å². The minimum Gasteiger partial charge on any atom is -0.464 e. The van der Waals surface area contributed by atoms with Crippen LogP contribution in [-0.2, 0) is 19.1 Å². The zero-order chi connectivity index (χ0) is 18.5. The Bertz CT molecular complexity index is 325. The highest BCUT2D eigenvalue weighted by molar-refractivity contribution is 5.71.